The molecule has 1 aliphatic heterocycles. The fourth-order valence-electron chi connectivity index (χ4n) is 3.29. The van der Waals surface area contributed by atoms with Gasteiger partial charge in [0.05, 0.1) is 10.8 Å². The summed E-state index contributed by atoms with van der Waals surface area (Å²) in [7, 11) is -3.62. The molecule has 1 fully saturated rings. The van der Waals surface area contributed by atoms with Crippen LogP contribution in [0.1, 0.15) is 24.0 Å². The fourth-order valence-corrected chi connectivity index (χ4v) is 4.94. The van der Waals surface area contributed by atoms with Crippen molar-refractivity contribution in [3.05, 3.63) is 64.7 Å². The lowest BCUT2D eigenvalue weighted by Gasteiger charge is -2.31. The molecule has 1 aliphatic rings. The van der Waals surface area contributed by atoms with E-state index < -0.39 is 10.0 Å². The van der Waals surface area contributed by atoms with Gasteiger partial charge >= 0.3 is 0 Å². The number of sulfonamides is 1. The second kappa shape index (κ2) is 8.42. The minimum Gasteiger partial charge on any atom is -0.352 e. The van der Waals surface area contributed by atoms with Gasteiger partial charge in [-0.1, -0.05) is 41.4 Å². The van der Waals surface area contributed by atoms with Crippen molar-refractivity contribution < 1.29 is 13.2 Å². The van der Waals surface area contributed by atoms with E-state index in [0.717, 1.165) is 11.1 Å². The van der Waals surface area contributed by atoms with E-state index in [-0.39, 0.29) is 23.3 Å². The highest BCUT2D eigenvalue weighted by Gasteiger charge is 2.33. The number of rotatable bonds is 5. The van der Waals surface area contributed by atoms with Gasteiger partial charge in [0, 0.05) is 24.7 Å². The highest BCUT2D eigenvalue weighted by atomic mass is 35.5. The van der Waals surface area contributed by atoms with Crippen LogP contribution in [0.3, 0.4) is 0 Å². The molecular weight excluding hydrogens is 384 g/mol. The standard InChI is InChI=1S/C20H23ClN2O3S/c1-15-4-2-5-16(12-15)13-22-20(24)17-6-3-11-23(14-17)27(25,26)19-9-7-18(21)8-10-19/h2,4-5,7-10,12,17H,3,6,11,13-14H2,1H3,(H,22,24)/t17-/m1/s1. The topological polar surface area (TPSA) is 66.5 Å². The van der Waals surface area contributed by atoms with Crippen LogP contribution in [0.4, 0.5) is 0 Å². The smallest absolute Gasteiger partial charge is 0.243 e. The largest absolute Gasteiger partial charge is 0.352 e. The molecule has 27 heavy (non-hydrogen) atoms. The molecule has 1 atom stereocenters. The molecule has 1 heterocycles. The Morgan fingerprint density at radius 2 is 1.96 bits per heavy atom. The van der Waals surface area contributed by atoms with Gasteiger partial charge in [0.15, 0.2) is 0 Å². The molecule has 144 valence electrons. The van der Waals surface area contributed by atoms with E-state index in [1.807, 2.05) is 31.2 Å². The minimum absolute atomic E-state index is 0.104. The summed E-state index contributed by atoms with van der Waals surface area (Å²) in [6.45, 7) is 3.07. The molecule has 0 unspecified atom stereocenters. The quantitative estimate of drug-likeness (QED) is 0.827. The Morgan fingerprint density at radius 3 is 2.67 bits per heavy atom. The summed E-state index contributed by atoms with van der Waals surface area (Å²) >= 11 is 5.85. The van der Waals surface area contributed by atoms with Crippen LogP contribution in [-0.2, 0) is 21.4 Å². The number of nitrogens with one attached hydrogen (secondary N) is 1. The Morgan fingerprint density at radius 1 is 1.22 bits per heavy atom. The van der Waals surface area contributed by atoms with Crippen molar-refractivity contribution >= 4 is 27.5 Å². The summed E-state index contributed by atoms with van der Waals surface area (Å²) in [4.78, 5) is 12.8. The van der Waals surface area contributed by atoms with Crippen molar-refractivity contribution in [3.63, 3.8) is 0 Å². The maximum Gasteiger partial charge on any atom is 0.243 e. The summed E-state index contributed by atoms with van der Waals surface area (Å²) < 4.78 is 27.1. The maximum absolute atomic E-state index is 12.8. The third-order valence-corrected chi connectivity index (χ3v) is 6.89. The van der Waals surface area contributed by atoms with Gasteiger partial charge in [0.25, 0.3) is 0 Å². The lowest BCUT2D eigenvalue weighted by molar-refractivity contribution is -0.126. The van der Waals surface area contributed by atoms with Gasteiger partial charge < -0.3 is 5.32 Å². The van der Waals surface area contributed by atoms with Crippen LogP contribution in [0, 0.1) is 12.8 Å². The molecule has 0 spiro atoms. The second-order valence-electron chi connectivity index (χ2n) is 6.86. The number of halogens is 1. The molecule has 3 rings (SSSR count). The van der Waals surface area contributed by atoms with Crippen molar-refractivity contribution in [2.75, 3.05) is 13.1 Å². The van der Waals surface area contributed by atoms with E-state index in [1.54, 1.807) is 12.1 Å². The summed E-state index contributed by atoms with van der Waals surface area (Å²) in [5.41, 5.74) is 2.17. The van der Waals surface area contributed by atoms with Crippen LogP contribution in [0.15, 0.2) is 53.4 Å². The van der Waals surface area contributed by atoms with Crippen LogP contribution in [-0.4, -0.2) is 31.7 Å². The first-order valence-corrected chi connectivity index (χ1v) is 10.8. The summed E-state index contributed by atoms with van der Waals surface area (Å²) in [6.07, 6.45) is 1.35. The maximum atomic E-state index is 12.8. The minimum atomic E-state index is -3.62. The zero-order chi connectivity index (χ0) is 19.4. The fraction of sp³-hybridized carbons (Fsp3) is 0.350. The number of carbonyl (C=O) groups excluding carboxylic acids is 1. The number of hydrogen-bond acceptors (Lipinski definition) is 3. The number of amides is 1. The van der Waals surface area contributed by atoms with Crippen molar-refractivity contribution in [2.45, 2.75) is 31.2 Å². The Balaban J connectivity index is 1.64. The molecule has 0 aromatic heterocycles. The molecule has 7 heteroatoms. The first kappa shape index (κ1) is 19.9. The third kappa shape index (κ3) is 4.89. The number of benzene rings is 2. The SMILES string of the molecule is Cc1cccc(CNC(=O)[C@@H]2CCCN(S(=O)(=O)c3ccc(Cl)cc3)C2)c1. The lowest BCUT2D eigenvalue weighted by atomic mass is 9.98. The highest BCUT2D eigenvalue weighted by Crippen LogP contribution is 2.25. The van der Waals surface area contributed by atoms with Gasteiger partial charge in [-0.2, -0.15) is 4.31 Å². The zero-order valence-electron chi connectivity index (χ0n) is 15.2. The zero-order valence-corrected chi connectivity index (χ0v) is 16.8. The molecule has 0 aliphatic carbocycles. The van der Waals surface area contributed by atoms with Gasteiger partial charge in [-0.3, -0.25) is 4.79 Å². The number of piperidine rings is 1. The molecule has 1 saturated heterocycles. The van der Waals surface area contributed by atoms with Gasteiger partial charge in [0.2, 0.25) is 15.9 Å². The first-order valence-electron chi connectivity index (χ1n) is 8.95. The molecule has 0 saturated carbocycles. The molecule has 2 aromatic rings. The van der Waals surface area contributed by atoms with E-state index in [2.05, 4.69) is 5.32 Å². The normalized spacial score (nSPS) is 18.2. The summed E-state index contributed by atoms with van der Waals surface area (Å²) in [5.74, 6) is -0.446. The molecule has 2 aromatic carbocycles. The Kier molecular flexibility index (Phi) is 6.19. The Labute approximate surface area is 165 Å². The highest BCUT2D eigenvalue weighted by molar-refractivity contribution is 7.89. The number of aryl methyl sites for hydroxylation is 1. The summed E-state index contributed by atoms with van der Waals surface area (Å²) in [6, 6.07) is 14.1. The summed E-state index contributed by atoms with van der Waals surface area (Å²) in [5, 5.41) is 3.42. The van der Waals surface area contributed by atoms with Crippen LogP contribution in [0.25, 0.3) is 0 Å². The van der Waals surface area contributed by atoms with Gasteiger partial charge in [-0.15, -0.1) is 0 Å². The number of hydrogen-bond donors (Lipinski definition) is 1. The van der Waals surface area contributed by atoms with Crippen molar-refractivity contribution in [1.29, 1.82) is 0 Å². The first-order chi connectivity index (χ1) is 12.9. The van der Waals surface area contributed by atoms with Gasteiger partial charge in [-0.05, 0) is 49.6 Å². The second-order valence-corrected chi connectivity index (χ2v) is 9.24. The molecular formula is C20H23ClN2O3S. The van der Waals surface area contributed by atoms with E-state index in [1.165, 1.54) is 16.4 Å². The molecule has 1 N–H and O–H groups in total. The predicted octanol–water partition coefficient (Wildman–Crippen LogP) is 3.37. The Bertz CT molecular complexity index is 913. The third-order valence-electron chi connectivity index (χ3n) is 4.76. The van der Waals surface area contributed by atoms with Gasteiger partial charge in [-0.25, -0.2) is 8.42 Å². The Hall–Kier alpha value is -1.89. The average molecular weight is 407 g/mol. The number of nitrogens with zero attached hydrogens (tertiary/aromatic N) is 1. The number of carbonyl (C=O) groups is 1. The van der Waals surface area contributed by atoms with E-state index in [9.17, 15) is 13.2 Å². The average Bonchev–Trinajstić information content (AvgIpc) is 2.66. The van der Waals surface area contributed by atoms with Crippen LogP contribution >= 0.6 is 11.6 Å². The van der Waals surface area contributed by atoms with Crippen molar-refractivity contribution in [3.8, 4) is 0 Å². The molecule has 0 radical (unpaired) electrons. The van der Waals surface area contributed by atoms with Gasteiger partial charge in [0.1, 0.15) is 0 Å². The van der Waals surface area contributed by atoms with Crippen LogP contribution < -0.4 is 5.32 Å². The van der Waals surface area contributed by atoms with Crippen molar-refractivity contribution in [2.24, 2.45) is 5.92 Å². The van der Waals surface area contributed by atoms with Crippen LogP contribution in [0.2, 0.25) is 5.02 Å². The monoisotopic (exact) mass is 406 g/mol. The molecule has 5 nitrogen and oxygen atoms in total. The molecule has 1 amide bonds. The van der Waals surface area contributed by atoms with Crippen LogP contribution in [0.5, 0.6) is 0 Å². The molecule has 0 bridgehead atoms. The predicted molar refractivity (Wildman–Crippen MR) is 106 cm³/mol. The van der Waals surface area contributed by atoms with Crippen molar-refractivity contribution in [1.82, 2.24) is 9.62 Å². The van der Waals surface area contributed by atoms with E-state index >= 15 is 0 Å². The van der Waals surface area contributed by atoms with E-state index in [4.69, 9.17) is 11.6 Å². The lowest BCUT2D eigenvalue weighted by Crippen LogP contribution is -2.45. The van der Waals surface area contributed by atoms with E-state index in [0.29, 0.717) is 31.0 Å².